The highest BCUT2D eigenvalue weighted by molar-refractivity contribution is 6.13. The average molecular weight is 608 g/mol. The number of phenolic OH excluding ortho intramolecular Hbond substituents is 2. The van der Waals surface area contributed by atoms with Gasteiger partial charge in [0.25, 0.3) is 0 Å². The molecule has 0 unspecified atom stereocenters. The highest BCUT2D eigenvalue weighted by Crippen LogP contribution is 2.40. The Kier molecular flexibility index (Phi) is 6.05. The monoisotopic (exact) mass is 607 g/mol. The quantitative estimate of drug-likeness (QED) is 0.205. The summed E-state index contributed by atoms with van der Waals surface area (Å²) in [4.78, 5) is 2.25. The van der Waals surface area contributed by atoms with Crippen molar-refractivity contribution in [3.05, 3.63) is 164 Å². The lowest BCUT2D eigenvalue weighted by atomic mass is 10.1. The lowest BCUT2D eigenvalue weighted by molar-refractivity contribution is 0.481. The molecular formula is C42H29N3O2. The van der Waals surface area contributed by atoms with E-state index in [1.807, 2.05) is 42.5 Å². The normalized spacial score (nSPS) is 11.6. The molecule has 9 rings (SSSR count). The third-order valence-electron chi connectivity index (χ3n) is 9.10. The first-order valence-corrected chi connectivity index (χ1v) is 15.7. The molecule has 2 heterocycles. The average Bonchev–Trinajstić information content (AvgIpc) is 3.64. The van der Waals surface area contributed by atoms with E-state index in [4.69, 9.17) is 0 Å². The molecule has 47 heavy (non-hydrogen) atoms. The molecule has 5 nitrogen and oxygen atoms in total. The molecule has 9 aromatic rings. The van der Waals surface area contributed by atoms with Crippen LogP contribution >= 0.6 is 0 Å². The number of para-hydroxylation sites is 3. The van der Waals surface area contributed by atoms with Gasteiger partial charge in [-0.2, -0.15) is 0 Å². The minimum absolute atomic E-state index is 0.283. The van der Waals surface area contributed by atoms with Crippen LogP contribution in [0.15, 0.2) is 164 Å². The molecule has 0 saturated carbocycles. The van der Waals surface area contributed by atoms with Crippen LogP contribution in [-0.4, -0.2) is 19.3 Å². The molecule has 0 aliphatic carbocycles. The van der Waals surface area contributed by atoms with Gasteiger partial charge in [-0.15, -0.1) is 0 Å². The summed E-state index contributed by atoms with van der Waals surface area (Å²) in [6, 6.07) is 55.3. The maximum atomic E-state index is 10.8. The number of fused-ring (bicyclic) bond motifs is 6. The second-order valence-electron chi connectivity index (χ2n) is 11.8. The summed E-state index contributed by atoms with van der Waals surface area (Å²) in [6.07, 6.45) is 0. The van der Waals surface area contributed by atoms with Gasteiger partial charge >= 0.3 is 0 Å². The van der Waals surface area contributed by atoms with Crippen LogP contribution in [0.5, 0.6) is 11.5 Å². The van der Waals surface area contributed by atoms with Crippen LogP contribution in [0.25, 0.3) is 55.0 Å². The summed E-state index contributed by atoms with van der Waals surface area (Å²) in [5.74, 6) is 0.566. The second-order valence-corrected chi connectivity index (χ2v) is 11.8. The standard InChI is InChI=1S/C42H29N3O2/c46-39-18-8-16-37-41(39)33-12-4-6-14-35(33)44(37)31-24-20-29(21-25-31)43(28-10-2-1-3-11-28)30-22-26-32(27-23-30)45-36-15-7-5-13-34(36)42-38(45)17-9-19-40(42)47/h1-27,46-47H. The molecule has 0 spiro atoms. The molecule has 0 saturated heterocycles. The molecular weight excluding hydrogens is 578 g/mol. The fraction of sp³-hybridized carbons (Fsp3) is 0. The van der Waals surface area contributed by atoms with Gasteiger partial charge in [0, 0.05) is 50.0 Å². The zero-order chi connectivity index (χ0) is 31.5. The van der Waals surface area contributed by atoms with Crippen molar-refractivity contribution in [2.75, 3.05) is 4.90 Å². The Morgan fingerprint density at radius 1 is 0.340 bits per heavy atom. The predicted octanol–water partition coefficient (Wildman–Crippen LogP) is 10.8. The van der Waals surface area contributed by atoms with E-state index in [9.17, 15) is 10.2 Å². The number of rotatable bonds is 5. The fourth-order valence-electron chi connectivity index (χ4n) is 7.08. The largest absolute Gasteiger partial charge is 0.507 e. The molecule has 224 valence electrons. The molecule has 5 heteroatoms. The van der Waals surface area contributed by atoms with Crippen molar-refractivity contribution in [1.29, 1.82) is 0 Å². The SMILES string of the molecule is Oc1cccc2c1c1ccccc1n2-c1ccc(N(c2ccccc2)c2ccc(-n3c4ccccc4c4c(O)cccc43)cc2)cc1. The Balaban J connectivity index is 1.16. The van der Waals surface area contributed by atoms with Gasteiger partial charge in [0.15, 0.2) is 0 Å². The van der Waals surface area contributed by atoms with Crippen molar-refractivity contribution in [3.8, 4) is 22.9 Å². The van der Waals surface area contributed by atoms with Crippen LogP contribution in [0.1, 0.15) is 0 Å². The molecule has 0 aliphatic rings. The van der Waals surface area contributed by atoms with E-state index < -0.39 is 0 Å². The maximum Gasteiger partial charge on any atom is 0.125 e. The number of anilines is 3. The number of aromatic nitrogens is 2. The Hall–Kier alpha value is -6.46. The number of aromatic hydroxyl groups is 2. The Labute approximate surface area is 271 Å². The van der Waals surface area contributed by atoms with Crippen molar-refractivity contribution in [3.63, 3.8) is 0 Å². The maximum absolute atomic E-state index is 10.8. The predicted molar refractivity (Wildman–Crippen MR) is 193 cm³/mol. The Morgan fingerprint density at radius 2 is 0.723 bits per heavy atom. The molecule has 7 aromatic carbocycles. The third-order valence-corrected chi connectivity index (χ3v) is 9.10. The van der Waals surface area contributed by atoms with Gasteiger partial charge in [0.2, 0.25) is 0 Å². The van der Waals surface area contributed by atoms with Gasteiger partial charge in [-0.05, 0) is 97.1 Å². The van der Waals surface area contributed by atoms with Crippen LogP contribution in [0, 0.1) is 0 Å². The molecule has 0 amide bonds. The number of hydrogen-bond acceptors (Lipinski definition) is 3. The van der Waals surface area contributed by atoms with Gasteiger partial charge in [0.1, 0.15) is 11.5 Å². The first kappa shape index (κ1) is 26.9. The molecule has 2 N–H and O–H groups in total. The minimum Gasteiger partial charge on any atom is -0.507 e. The summed E-state index contributed by atoms with van der Waals surface area (Å²) < 4.78 is 4.42. The van der Waals surface area contributed by atoms with E-state index >= 15 is 0 Å². The third kappa shape index (κ3) is 4.17. The van der Waals surface area contributed by atoms with Gasteiger partial charge < -0.3 is 24.2 Å². The van der Waals surface area contributed by atoms with Gasteiger partial charge in [-0.3, -0.25) is 0 Å². The highest BCUT2D eigenvalue weighted by Gasteiger charge is 2.18. The van der Waals surface area contributed by atoms with Crippen molar-refractivity contribution in [2.45, 2.75) is 0 Å². The smallest absolute Gasteiger partial charge is 0.125 e. The number of hydrogen-bond donors (Lipinski definition) is 2. The first-order chi connectivity index (χ1) is 23.2. The van der Waals surface area contributed by atoms with E-state index in [2.05, 4.69) is 123 Å². The van der Waals surface area contributed by atoms with Gasteiger partial charge in [-0.1, -0.05) is 66.7 Å². The minimum atomic E-state index is 0.283. The number of benzene rings is 7. The van der Waals surface area contributed by atoms with Gasteiger partial charge in [-0.25, -0.2) is 0 Å². The number of phenols is 2. The van der Waals surface area contributed by atoms with E-state index in [1.54, 1.807) is 12.1 Å². The van der Waals surface area contributed by atoms with Crippen LogP contribution in [0.3, 0.4) is 0 Å². The zero-order valence-corrected chi connectivity index (χ0v) is 25.3. The topological polar surface area (TPSA) is 53.6 Å². The van der Waals surface area contributed by atoms with Crippen molar-refractivity contribution < 1.29 is 10.2 Å². The summed E-state index contributed by atoms with van der Waals surface area (Å²) in [7, 11) is 0. The molecule has 0 aliphatic heterocycles. The van der Waals surface area contributed by atoms with Crippen LogP contribution < -0.4 is 4.90 Å². The lowest BCUT2D eigenvalue weighted by Crippen LogP contribution is -2.10. The first-order valence-electron chi connectivity index (χ1n) is 15.7. The summed E-state index contributed by atoms with van der Waals surface area (Å²) in [6.45, 7) is 0. The van der Waals surface area contributed by atoms with E-state index in [-0.39, 0.29) is 11.5 Å². The van der Waals surface area contributed by atoms with Crippen LogP contribution in [0.4, 0.5) is 17.1 Å². The fourth-order valence-corrected chi connectivity index (χ4v) is 7.08. The zero-order valence-electron chi connectivity index (χ0n) is 25.3. The van der Waals surface area contributed by atoms with Gasteiger partial charge in [0.05, 0.1) is 22.1 Å². The van der Waals surface area contributed by atoms with E-state index in [0.717, 1.165) is 72.0 Å². The van der Waals surface area contributed by atoms with Crippen LogP contribution in [0.2, 0.25) is 0 Å². The highest BCUT2D eigenvalue weighted by atomic mass is 16.3. The molecule has 0 fully saturated rings. The van der Waals surface area contributed by atoms with E-state index in [0.29, 0.717) is 0 Å². The second kappa shape index (κ2) is 10.6. The lowest BCUT2D eigenvalue weighted by Gasteiger charge is -2.26. The molecule has 2 aromatic heterocycles. The molecule has 0 bridgehead atoms. The summed E-state index contributed by atoms with van der Waals surface area (Å²) in [5.41, 5.74) is 9.16. The van der Waals surface area contributed by atoms with E-state index in [1.165, 1.54) is 0 Å². The number of nitrogens with zero attached hydrogens (tertiary/aromatic N) is 3. The van der Waals surface area contributed by atoms with Crippen molar-refractivity contribution in [2.24, 2.45) is 0 Å². The molecule has 0 atom stereocenters. The van der Waals surface area contributed by atoms with Crippen LogP contribution in [-0.2, 0) is 0 Å². The van der Waals surface area contributed by atoms with Crippen molar-refractivity contribution in [1.82, 2.24) is 9.13 Å². The molecule has 0 radical (unpaired) electrons. The summed E-state index contributed by atoms with van der Waals surface area (Å²) >= 11 is 0. The Morgan fingerprint density at radius 3 is 1.19 bits per heavy atom. The van der Waals surface area contributed by atoms with Crippen molar-refractivity contribution >= 4 is 60.7 Å². The summed E-state index contributed by atoms with van der Waals surface area (Å²) in [5, 5.41) is 25.3. The Bertz CT molecular complexity index is 2420.